The van der Waals surface area contributed by atoms with E-state index in [1.54, 1.807) is 17.9 Å². The van der Waals surface area contributed by atoms with Crippen molar-refractivity contribution in [1.29, 1.82) is 0 Å². The third-order valence-electron chi connectivity index (χ3n) is 4.51. The monoisotopic (exact) mass is 375 g/mol. The van der Waals surface area contributed by atoms with Crippen molar-refractivity contribution in [3.63, 3.8) is 0 Å². The van der Waals surface area contributed by atoms with Gasteiger partial charge in [0.25, 0.3) is 0 Å². The first-order valence-corrected chi connectivity index (χ1v) is 9.11. The fourth-order valence-electron chi connectivity index (χ4n) is 3.08. The highest BCUT2D eigenvalue weighted by atomic mass is 35.5. The number of benzene rings is 1. The highest BCUT2D eigenvalue weighted by Crippen LogP contribution is 2.14. The molecule has 2 heterocycles. The van der Waals surface area contributed by atoms with Crippen LogP contribution in [0.25, 0.3) is 0 Å². The number of hydrogen-bond acceptors (Lipinski definition) is 4. The van der Waals surface area contributed by atoms with Crippen LogP contribution >= 0.6 is 11.6 Å². The number of halogens is 1. The van der Waals surface area contributed by atoms with Crippen molar-refractivity contribution in [2.24, 2.45) is 0 Å². The first-order chi connectivity index (χ1) is 12.5. The number of piperazine rings is 1. The Morgan fingerprint density at radius 1 is 1.12 bits per heavy atom. The van der Waals surface area contributed by atoms with Crippen LogP contribution in [0.15, 0.2) is 34.9 Å². The summed E-state index contributed by atoms with van der Waals surface area (Å²) >= 11 is 5.97. The number of hydrogen-bond donors (Lipinski definition) is 0. The van der Waals surface area contributed by atoms with Gasteiger partial charge in [-0.3, -0.25) is 9.59 Å². The number of aryl methyl sites for hydroxylation is 2. The predicted octanol–water partition coefficient (Wildman–Crippen LogP) is 2.48. The summed E-state index contributed by atoms with van der Waals surface area (Å²) in [6.45, 7) is 4.04. The number of carbonyl (C=O) groups is 2. The lowest BCUT2D eigenvalue weighted by atomic mass is 10.1. The molecule has 0 atom stereocenters. The van der Waals surface area contributed by atoms with Gasteiger partial charge in [0.2, 0.25) is 11.8 Å². The van der Waals surface area contributed by atoms with Crippen LogP contribution in [0.1, 0.15) is 23.4 Å². The molecule has 1 aliphatic rings. The van der Waals surface area contributed by atoms with E-state index < -0.39 is 0 Å². The quantitative estimate of drug-likeness (QED) is 0.805. The van der Waals surface area contributed by atoms with Crippen LogP contribution in [0.3, 0.4) is 0 Å². The summed E-state index contributed by atoms with van der Waals surface area (Å²) in [4.78, 5) is 28.3. The van der Waals surface area contributed by atoms with Gasteiger partial charge >= 0.3 is 0 Å². The van der Waals surface area contributed by atoms with Crippen LogP contribution in [0.5, 0.6) is 0 Å². The highest BCUT2D eigenvalue weighted by Gasteiger charge is 2.24. The molecule has 1 fully saturated rings. The van der Waals surface area contributed by atoms with E-state index in [0.29, 0.717) is 55.5 Å². The van der Waals surface area contributed by atoms with E-state index in [9.17, 15) is 9.59 Å². The number of nitrogens with zero attached hydrogens (tertiary/aromatic N) is 3. The maximum absolute atomic E-state index is 12.4. The summed E-state index contributed by atoms with van der Waals surface area (Å²) < 4.78 is 4.99. The number of amides is 2. The van der Waals surface area contributed by atoms with Crippen LogP contribution in [-0.4, -0.2) is 52.9 Å². The molecular weight excluding hydrogens is 354 g/mol. The number of carbonyl (C=O) groups excluding carboxylic acids is 2. The van der Waals surface area contributed by atoms with Gasteiger partial charge in [-0.1, -0.05) is 28.9 Å². The third kappa shape index (κ3) is 4.85. The van der Waals surface area contributed by atoms with Gasteiger partial charge in [0.05, 0.1) is 12.1 Å². The van der Waals surface area contributed by atoms with E-state index >= 15 is 0 Å². The average molecular weight is 376 g/mol. The molecule has 1 aromatic carbocycles. The second-order valence-electron chi connectivity index (χ2n) is 6.50. The van der Waals surface area contributed by atoms with Gasteiger partial charge in [0, 0.05) is 43.7 Å². The lowest BCUT2D eigenvalue weighted by molar-refractivity contribution is -0.139. The molecule has 7 heteroatoms. The molecule has 0 radical (unpaired) electrons. The second kappa shape index (κ2) is 8.36. The molecule has 6 nitrogen and oxygen atoms in total. The maximum Gasteiger partial charge on any atom is 0.228 e. The number of aromatic nitrogens is 1. The Kier molecular flexibility index (Phi) is 5.93. The zero-order chi connectivity index (χ0) is 18.5. The van der Waals surface area contributed by atoms with Crippen molar-refractivity contribution in [2.45, 2.75) is 26.2 Å². The topological polar surface area (TPSA) is 66.7 Å². The van der Waals surface area contributed by atoms with Gasteiger partial charge < -0.3 is 14.3 Å². The lowest BCUT2D eigenvalue weighted by Gasteiger charge is -2.34. The molecule has 2 aromatic rings. The molecule has 1 aromatic heterocycles. The van der Waals surface area contributed by atoms with Gasteiger partial charge in [-0.2, -0.15) is 0 Å². The Bertz CT molecular complexity index is 782. The minimum absolute atomic E-state index is 0.0179. The molecule has 0 saturated carbocycles. The largest absolute Gasteiger partial charge is 0.361 e. The summed E-state index contributed by atoms with van der Waals surface area (Å²) in [6, 6.07) is 9.35. The molecule has 3 rings (SSSR count). The summed E-state index contributed by atoms with van der Waals surface area (Å²) in [5, 5.41) is 4.54. The molecule has 138 valence electrons. The van der Waals surface area contributed by atoms with Crippen molar-refractivity contribution in [3.8, 4) is 0 Å². The average Bonchev–Trinajstić information content (AvgIpc) is 3.04. The van der Waals surface area contributed by atoms with Crippen LogP contribution in [0.2, 0.25) is 5.02 Å². The minimum atomic E-state index is 0.0179. The van der Waals surface area contributed by atoms with Crippen molar-refractivity contribution < 1.29 is 14.1 Å². The fraction of sp³-hybridized carbons (Fsp3) is 0.421. The maximum atomic E-state index is 12.4. The first-order valence-electron chi connectivity index (χ1n) is 8.73. The van der Waals surface area contributed by atoms with Gasteiger partial charge in [0.15, 0.2) is 0 Å². The van der Waals surface area contributed by atoms with Crippen molar-refractivity contribution in [2.75, 3.05) is 26.2 Å². The van der Waals surface area contributed by atoms with Crippen molar-refractivity contribution >= 4 is 23.4 Å². The molecular formula is C19H22ClN3O3. The summed E-state index contributed by atoms with van der Waals surface area (Å²) in [6.07, 6.45) is 1.36. The summed E-state index contributed by atoms with van der Waals surface area (Å²) in [7, 11) is 0. The molecule has 1 saturated heterocycles. The standard InChI is InChI=1S/C19H22ClN3O3/c1-14-11-17(21-26-14)13-19(25)23-9-7-22(8-10-23)18(24)6-5-15-3-2-4-16(20)12-15/h2-4,11-12H,5-10,13H2,1H3. The van der Waals surface area contributed by atoms with E-state index in [2.05, 4.69) is 5.16 Å². The van der Waals surface area contributed by atoms with E-state index in [0.717, 1.165) is 5.56 Å². The van der Waals surface area contributed by atoms with Gasteiger partial charge in [-0.15, -0.1) is 0 Å². The molecule has 0 spiro atoms. The molecule has 26 heavy (non-hydrogen) atoms. The molecule has 0 aliphatic carbocycles. The van der Waals surface area contributed by atoms with Gasteiger partial charge in [-0.05, 0) is 31.0 Å². The summed E-state index contributed by atoms with van der Waals surface area (Å²) in [5.41, 5.74) is 1.70. The Hall–Kier alpha value is -2.34. The Labute approximate surface area is 157 Å². The van der Waals surface area contributed by atoms with Crippen molar-refractivity contribution in [3.05, 3.63) is 52.4 Å². The minimum Gasteiger partial charge on any atom is -0.361 e. The fourth-order valence-corrected chi connectivity index (χ4v) is 3.29. The molecule has 2 amide bonds. The zero-order valence-corrected chi connectivity index (χ0v) is 15.5. The summed E-state index contributed by atoms with van der Waals surface area (Å²) in [5.74, 6) is 0.830. The molecule has 0 N–H and O–H groups in total. The first kappa shape index (κ1) is 18.5. The third-order valence-corrected chi connectivity index (χ3v) is 4.75. The van der Waals surface area contributed by atoms with E-state index in [4.69, 9.17) is 16.1 Å². The smallest absolute Gasteiger partial charge is 0.228 e. The van der Waals surface area contributed by atoms with E-state index in [1.807, 2.05) is 29.2 Å². The van der Waals surface area contributed by atoms with Crippen molar-refractivity contribution in [1.82, 2.24) is 15.0 Å². The molecule has 1 aliphatic heterocycles. The van der Waals surface area contributed by atoms with Gasteiger partial charge in [0.1, 0.15) is 5.76 Å². The Balaban J connectivity index is 1.44. The Morgan fingerprint density at radius 3 is 2.42 bits per heavy atom. The zero-order valence-electron chi connectivity index (χ0n) is 14.8. The second-order valence-corrected chi connectivity index (χ2v) is 6.93. The van der Waals surface area contributed by atoms with E-state index in [-0.39, 0.29) is 18.2 Å². The SMILES string of the molecule is Cc1cc(CC(=O)N2CCN(C(=O)CCc3cccc(Cl)c3)CC2)no1. The van der Waals surface area contributed by atoms with Crippen LogP contribution < -0.4 is 0 Å². The molecule has 0 bridgehead atoms. The molecule has 0 unspecified atom stereocenters. The van der Waals surface area contributed by atoms with Gasteiger partial charge in [-0.25, -0.2) is 0 Å². The van der Waals surface area contributed by atoms with E-state index in [1.165, 1.54) is 0 Å². The Morgan fingerprint density at radius 2 is 1.81 bits per heavy atom. The number of rotatable bonds is 5. The van der Waals surface area contributed by atoms with Crippen LogP contribution in [0.4, 0.5) is 0 Å². The predicted molar refractivity (Wildman–Crippen MR) is 97.9 cm³/mol. The lowest BCUT2D eigenvalue weighted by Crippen LogP contribution is -2.51. The highest BCUT2D eigenvalue weighted by molar-refractivity contribution is 6.30. The van der Waals surface area contributed by atoms with Crippen LogP contribution in [-0.2, 0) is 22.4 Å². The normalized spacial score (nSPS) is 14.5. The van der Waals surface area contributed by atoms with Crippen LogP contribution in [0, 0.1) is 6.92 Å².